The number of carbonyl (C=O) groups excluding carboxylic acids is 3. The summed E-state index contributed by atoms with van der Waals surface area (Å²) in [5, 5.41) is 6.61. The second kappa shape index (κ2) is 9.07. The van der Waals surface area contributed by atoms with Gasteiger partial charge in [0.05, 0.1) is 12.2 Å². The Bertz CT molecular complexity index is 690. The maximum absolute atomic E-state index is 13.4. The summed E-state index contributed by atoms with van der Waals surface area (Å²) >= 11 is 0. The Hall–Kier alpha value is -2.78. The molecule has 26 heavy (non-hydrogen) atoms. The summed E-state index contributed by atoms with van der Waals surface area (Å²) in [7, 11) is 0. The van der Waals surface area contributed by atoms with Gasteiger partial charge in [0.2, 0.25) is 11.8 Å². The van der Waals surface area contributed by atoms with Crippen LogP contribution in [0.3, 0.4) is 0 Å². The lowest BCUT2D eigenvalue weighted by atomic mass is 10.2. The molecule has 1 aromatic rings. The van der Waals surface area contributed by atoms with Crippen LogP contribution in [0.25, 0.3) is 0 Å². The lowest BCUT2D eigenvalue weighted by Crippen LogP contribution is -2.37. The molecule has 0 aliphatic carbocycles. The average Bonchev–Trinajstić information content (AvgIpc) is 2.52. The van der Waals surface area contributed by atoms with Gasteiger partial charge in [0.1, 0.15) is 5.60 Å². The molecule has 0 bridgehead atoms. The molecule has 3 N–H and O–H groups in total. The molecule has 0 saturated carbocycles. The zero-order chi connectivity index (χ0) is 19.9. The van der Waals surface area contributed by atoms with Crippen LogP contribution in [0.15, 0.2) is 12.1 Å². The number of benzene rings is 1. The molecule has 144 valence electrons. The van der Waals surface area contributed by atoms with Crippen molar-refractivity contribution in [2.45, 2.75) is 32.8 Å². The third kappa shape index (κ3) is 7.41. The van der Waals surface area contributed by atoms with E-state index in [9.17, 15) is 27.6 Å². The predicted molar refractivity (Wildman–Crippen MR) is 86.8 cm³/mol. The Balaban J connectivity index is 2.33. The molecule has 0 aliphatic rings. The fourth-order valence-electron chi connectivity index (χ4n) is 1.68. The summed E-state index contributed by atoms with van der Waals surface area (Å²) in [6.45, 7) is 4.54. The van der Waals surface area contributed by atoms with Crippen LogP contribution in [-0.4, -0.2) is 36.6 Å². The van der Waals surface area contributed by atoms with Crippen LogP contribution >= 0.6 is 0 Å². The molecule has 0 atom stereocenters. The van der Waals surface area contributed by atoms with Gasteiger partial charge < -0.3 is 20.7 Å². The first-order valence-electron chi connectivity index (χ1n) is 7.66. The quantitative estimate of drug-likeness (QED) is 0.663. The molecule has 7 nitrogen and oxygen atoms in total. The highest BCUT2D eigenvalue weighted by molar-refractivity contribution is 5.94. The van der Waals surface area contributed by atoms with E-state index < -0.39 is 53.2 Å². The number of amides is 3. The lowest BCUT2D eigenvalue weighted by molar-refractivity contribution is -0.124. The fraction of sp³-hybridized carbons (Fsp3) is 0.438. The van der Waals surface area contributed by atoms with Crippen LogP contribution in [0.5, 0.6) is 0 Å². The molecule has 0 heterocycles. The average molecular weight is 375 g/mol. The third-order valence-corrected chi connectivity index (χ3v) is 2.78. The number of carbonyl (C=O) groups is 3. The van der Waals surface area contributed by atoms with E-state index >= 15 is 0 Å². The van der Waals surface area contributed by atoms with E-state index in [0.29, 0.717) is 6.07 Å². The lowest BCUT2D eigenvalue weighted by Gasteiger charge is -2.19. The zero-order valence-corrected chi connectivity index (χ0v) is 14.5. The third-order valence-electron chi connectivity index (χ3n) is 2.78. The molecule has 0 unspecified atom stereocenters. The summed E-state index contributed by atoms with van der Waals surface area (Å²) in [5.74, 6) is -6.01. The van der Waals surface area contributed by atoms with Crippen LogP contribution < -0.4 is 16.0 Å². The number of ether oxygens (including phenoxy) is 1. The first kappa shape index (κ1) is 21.3. The van der Waals surface area contributed by atoms with Gasteiger partial charge >= 0.3 is 6.09 Å². The van der Waals surface area contributed by atoms with Gasteiger partial charge in [0.25, 0.3) is 0 Å². The zero-order valence-electron chi connectivity index (χ0n) is 14.5. The standard InChI is InChI=1S/C16H20F3N3O4/c1-16(2,3)26-15(25)20-7-6-11(23)21-8-12(24)22-10-5-4-9(17)13(18)14(10)19/h4-5H,6-8H2,1-3H3,(H,20,25)(H,21,23)(H,22,24). The summed E-state index contributed by atoms with van der Waals surface area (Å²) in [6, 6.07) is 1.52. The largest absolute Gasteiger partial charge is 0.444 e. The molecule has 0 aliphatic heterocycles. The number of nitrogens with one attached hydrogen (secondary N) is 3. The Kier molecular flexibility index (Phi) is 7.41. The van der Waals surface area contributed by atoms with Crippen LogP contribution in [0.2, 0.25) is 0 Å². The van der Waals surface area contributed by atoms with Crippen molar-refractivity contribution in [2.75, 3.05) is 18.4 Å². The number of rotatable bonds is 6. The van der Waals surface area contributed by atoms with Crippen molar-refractivity contribution in [3.05, 3.63) is 29.6 Å². The van der Waals surface area contributed by atoms with Gasteiger partial charge in [-0.3, -0.25) is 9.59 Å². The highest BCUT2D eigenvalue weighted by Gasteiger charge is 2.17. The smallest absolute Gasteiger partial charge is 0.407 e. The van der Waals surface area contributed by atoms with Crippen molar-refractivity contribution in [3.63, 3.8) is 0 Å². The normalized spacial score (nSPS) is 10.8. The minimum Gasteiger partial charge on any atom is -0.444 e. The summed E-state index contributed by atoms with van der Waals surface area (Å²) in [4.78, 5) is 34.5. The SMILES string of the molecule is CC(C)(C)OC(=O)NCCC(=O)NCC(=O)Nc1ccc(F)c(F)c1F. The van der Waals surface area contributed by atoms with Crippen molar-refractivity contribution >= 4 is 23.6 Å². The van der Waals surface area contributed by atoms with Crippen LogP contribution in [0.1, 0.15) is 27.2 Å². The number of hydrogen-bond acceptors (Lipinski definition) is 4. The molecular formula is C16H20F3N3O4. The molecule has 0 fully saturated rings. The Labute approximate surface area is 148 Å². The van der Waals surface area contributed by atoms with Gasteiger partial charge in [-0.1, -0.05) is 0 Å². The maximum atomic E-state index is 13.4. The van der Waals surface area contributed by atoms with E-state index in [1.54, 1.807) is 20.8 Å². The predicted octanol–water partition coefficient (Wildman–Crippen LogP) is 2.07. The highest BCUT2D eigenvalue weighted by Crippen LogP contribution is 2.19. The Morgan fingerprint density at radius 1 is 1.00 bits per heavy atom. The van der Waals surface area contributed by atoms with E-state index in [1.165, 1.54) is 0 Å². The second-order valence-corrected chi connectivity index (χ2v) is 6.23. The number of halogens is 3. The van der Waals surface area contributed by atoms with E-state index in [-0.39, 0.29) is 13.0 Å². The number of alkyl carbamates (subject to hydrolysis) is 1. The summed E-state index contributed by atoms with van der Waals surface area (Å²) in [5.41, 5.74) is -1.21. The fourth-order valence-corrected chi connectivity index (χ4v) is 1.68. The first-order valence-corrected chi connectivity index (χ1v) is 7.66. The van der Waals surface area contributed by atoms with E-state index in [0.717, 1.165) is 6.07 Å². The topological polar surface area (TPSA) is 96.5 Å². The van der Waals surface area contributed by atoms with Gasteiger partial charge in [-0.2, -0.15) is 0 Å². The van der Waals surface area contributed by atoms with Gasteiger partial charge in [-0.25, -0.2) is 18.0 Å². The molecule has 0 saturated heterocycles. The molecule has 1 aromatic carbocycles. The molecule has 1 rings (SSSR count). The highest BCUT2D eigenvalue weighted by atomic mass is 19.2. The van der Waals surface area contributed by atoms with Crippen LogP contribution in [-0.2, 0) is 14.3 Å². The van der Waals surface area contributed by atoms with Gasteiger partial charge in [-0.05, 0) is 32.9 Å². The molecule has 0 radical (unpaired) electrons. The molecule has 10 heteroatoms. The Morgan fingerprint density at radius 3 is 2.27 bits per heavy atom. The summed E-state index contributed by atoms with van der Waals surface area (Å²) < 4.78 is 44.2. The second-order valence-electron chi connectivity index (χ2n) is 6.23. The van der Waals surface area contributed by atoms with Crippen molar-refractivity contribution in [1.82, 2.24) is 10.6 Å². The molecular weight excluding hydrogens is 355 g/mol. The van der Waals surface area contributed by atoms with Gasteiger partial charge in [0, 0.05) is 13.0 Å². The number of anilines is 1. The monoisotopic (exact) mass is 375 g/mol. The van der Waals surface area contributed by atoms with Crippen LogP contribution in [0.4, 0.5) is 23.7 Å². The van der Waals surface area contributed by atoms with Crippen molar-refractivity contribution in [1.29, 1.82) is 0 Å². The van der Waals surface area contributed by atoms with Gasteiger partial charge in [-0.15, -0.1) is 0 Å². The van der Waals surface area contributed by atoms with E-state index in [1.807, 2.05) is 5.32 Å². The molecule has 3 amide bonds. The van der Waals surface area contributed by atoms with Crippen LogP contribution in [0, 0.1) is 17.5 Å². The molecule has 0 aromatic heterocycles. The minimum atomic E-state index is -1.71. The van der Waals surface area contributed by atoms with Crippen molar-refractivity contribution in [3.8, 4) is 0 Å². The molecule has 0 spiro atoms. The van der Waals surface area contributed by atoms with Crippen molar-refractivity contribution < 1.29 is 32.3 Å². The summed E-state index contributed by atoms with van der Waals surface area (Å²) in [6.07, 6.45) is -0.802. The van der Waals surface area contributed by atoms with Gasteiger partial charge in [0.15, 0.2) is 17.5 Å². The maximum Gasteiger partial charge on any atom is 0.407 e. The van der Waals surface area contributed by atoms with E-state index in [2.05, 4.69) is 10.6 Å². The Morgan fingerprint density at radius 2 is 1.65 bits per heavy atom. The van der Waals surface area contributed by atoms with E-state index in [4.69, 9.17) is 4.74 Å². The van der Waals surface area contributed by atoms with Crippen molar-refractivity contribution in [2.24, 2.45) is 0 Å². The number of hydrogen-bond donors (Lipinski definition) is 3. The minimum absolute atomic E-state index is 0.0137. The first-order chi connectivity index (χ1) is 12.0.